The third kappa shape index (κ3) is 7.89. The molecule has 3 fully saturated rings. The van der Waals surface area contributed by atoms with Crippen LogP contribution < -0.4 is 4.74 Å². The Kier molecular flexibility index (Phi) is 12.1. The van der Waals surface area contributed by atoms with Gasteiger partial charge in [-0.2, -0.15) is 0 Å². The first-order chi connectivity index (χ1) is 21.4. The Bertz CT molecular complexity index is 1150. The zero-order valence-corrected chi connectivity index (χ0v) is 23.8. The second-order valence-corrected chi connectivity index (χ2v) is 10.6. The molecular formula is C27H38O18. The average molecular weight is 651 g/mol. The number of hydrogen-bond donors (Lipinski definition) is 10. The van der Waals surface area contributed by atoms with Gasteiger partial charge in [-0.3, -0.25) is 0 Å². The predicted molar refractivity (Wildman–Crippen MR) is 143 cm³/mol. The maximum atomic E-state index is 12.7. The van der Waals surface area contributed by atoms with Crippen LogP contribution in [0.2, 0.25) is 0 Å². The SMILES string of the molecule is COc1cc(C=CC(=O)OC2OC(COC3OC(CO)C(O)C(O)C3O)C(O)C(OC3OC(CO)C(O)C3O)C2O)ccc1O. The van der Waals surface area contributed by atoms with E-state index in [0.717, 1.165) is 6.08 Å². The number of carbonyl (C=O) groups excluding carboxylic acids is 1. The van der Waals surface area contributed by atoms with Gasteiger partial charge >= 0.3 is 5.97 Å². The lowest BCUT2D eigenvalue weighted by molar-refractivity contribution is -0.340. The molecule has 4 rings (SSSR count). The van der Waals surface area contributed by atoms with E-state index in [2.05, 4.69) is 0 Å². The van der Waals surface area contributed by atoms with Crippen LogP contribution in [0.15, 0.2) is 24.3 Å². The summed E-state index contributed by atoms with van der Waals surface area (Å²) in [6.45, 7) is -2.09. The fourth-order valence-electron chi connectivity index (χ4n) is 4.94. The number of aliphatic hydroxyl groups is 9. The highest BCUT2D eigenvalue weighted by Gasteiger charge is 2.52. The smallest absolute Gasteiger partial charge is 0.333 e. The Morgan fingerprint density at radius 2 is 1.38 bits per heavy atom. The first kappa shape index (κ1) is 35.3. The monoisotopic (exact) mass is 650 g/mol. The highest BCUT2D eigenvalue weighted by atomic mass is 16.8. The van der Waals surface area contributed by atoms with Crippen molar-refractivity contribution in [2.24, 2.45) is 0 Å². The molecule has 254 valence electrons. The molecule has 3 saturated heterocycles. The van der Waals surface area contributed by atoms with Gasteiger partial charge in [0, 0.05) is 6.08 Å². The highest BCUT2D eigenvalue weighted by molar-refractivity contribution is 5.87. The highest BCUT2D eigenvalue weighted by Crippen LogP contribution is 2.31. The number of benzene rings is 1. The van der Waals surface area contributed by atoms with Gasteiger partial charge in [0.2, 0.25) is 6.29 Å². The van der Waals surface area contributed by atoms with Crippen LogP contribution in [0.3, 0.4) is 0 Å². The van der Waals surface area contributed by atoms with Gasteiger partial charge in [-0.25, -0.2) is 4.79 Å². The van der Waals surface area contributed by atoms with Gasteiger partial charge in [0.15, 0.2) is 24.1 Å². The van der Waals surface area contributed by atoms with Crippen LogP contribution in [0.4, 0.5) is 0 Å². The fourth-order valence-corrected chi connectivity index (χ4v) is 4.94. The van der Waals surface area contributed by atoms with Crippen LogP contribution in [-0.2, 0) is 33.2 Å². The van der Waals surface area contributed by atoms with E-state index in [1.807, 2.05) is 0 Å². The van der Waals surface area contributed by atoms with Gasteiger partial charge in [0.25, 0.3) is 0 Å². The Morgan fingerprint density at radius 1 is 0.778 bits per heavy atom. The summed E-state index contributed by atoms with van der Waals surface area (Å²) >= 11 is 0. The number of phenolic OH excluding ortho intramolecular Hbond substituents is 1. The van der Waals surface area contributed by atoms with E-state index in [4.69, 9.17) is 33.2 Å². The average Bonchev–Trinajstić information content (AvgIpc) is 3.30. The molecule has 3 aliphatic heterocycles. The minimum Gasteiger partial charge on any atom is -0.504 e. The number of aromatic hydroxyl groups is 1. The molecular weight excluding hydrogens is 612 g/mol. The number of carbonyl (C=O) groups is 1. The van der Waals surface area contributed by atoms with Crippen LogP contribution in [-0.4, -0.2) is 170 Å². The number of rotatable bonds is 11. The van der Waals surface area contributed by atoms with Crippen molar-refractivity contribution < 1.29 is 89.0 Å². The molecule has 0 aromatic heterocycles. The van der Waals surface area contributed by atoms with Crippen LogP contribution in [0, 0.1) is 0 Å². The van der Waals surface area contributed by atoms with Crippen molar-refractivity contribution in [3.63, 3.8) is 0 Å². The Balaban J connectivity index is 1.50. The summed E-state index contributed by atoms with van der Waals surface area (Å²) < 4.78 is 37.4. The van der Waals surface area contributed by atoms with E-state index in [1.54, 1.807) is 0 Å². The van der Waals surface area contributed by atoms with Gasteiger partial charge in [0.1, 0.15) is 67.1 Å². The lowest BCUT2D eigenvalue weighted by Gasteiger charge is -2.44. The summed E-state index contributed by atoms with van der Waals surface area (Å²) in [6.07, 6.45) is -20.9. The fraction of sp³-hybridized carbons (Fsp3) is 0.667. The summed E-state index contributed by atoms with van der Waals surface area (Å²) in [4.78, 5) is 12.7. The maximum Gasteiger partial charge on any atom is 0.333 e. The molecule has 45 heavy (non-hydrogen) atoms. The van der Waals surface area contributed by atoms with Gasteiger partial charge in [-0.1, -0.05) is 6.07 Å². The molecule has 0 aliphatic carbocycles. The van der Waals surface area contributed by atoms with E-state index >= 15 is 0 Å². The molecule has 0 bridgehead atoms. The van der Waals surface area contributed by atoms with Crippen molar-refractivity contribution in [3.05, 3.63) is 29.8 Å². The molecule has 3 heterocycles. The number of phenols is 1. The van der Waals surface area contributed by atoms with Crippen molar-refractivity contribution in [1.82, 2.24) is 0 Å². The molecule has 18 heteroatoms. The van der Waals surface area contributed by atoms with Gasteiger partial charge in [-0.15, -0.1) is 0 Å². The van der Waals surface area contributed by atoms with Gasteiger partial charge in [-0.05, 0) is 23.8 Å². The summed E-state index contributed by atoms with van der Waals surface area (Å²) in [5.74, 6) is -1.04. The van der Waals surface area contributed by atoms with Crippen molar-refractivity contribution in [2.75, 3.05) is 26.9 Å². The number of ether oxygens (including phenoxy) is 7. The number of methoxy groups -OCH3 is 1. The predicted octanol–water partition coefficient (Wildman–Crippen LogP) is -4.96. The standard InChI is InChI=1S/C27H38O18/c1-39-12-6-10(2-4-11(12)30)3-5-16(31)44-27-23(38)24(45-26-21(36)18(33)14(8-29)42-26)19(34)15(43-27)9-40-25-22(37)20(35)17(32)13(7-28)41-25/h2-6,13-15,17-30,32-38H,7-9H2,1H3. The molecule has 1 aromatic carbocycles. The first-order valence-corrected chi connectivity index (χ1v) is 13.9. The quantitative estimate of drug-likeness (QED) is 0.0793. The summed E-state index contributed by atoms with van der Waals surface area (Å²) in [6, 6.07) is 4.24. The zero-order chi connectivity index (χ0) is 33.0. The van der Waals surface area contributed by atoms with Crippen molar-refractivity contribution in [3.8, 4) is 11.5 Å². The van der Waals surface area contributed by atoms with Crippen LogP contribution in [0.25, 0.3) is 6.08 Å². The van der Waals surface area contributed by atoms with Gasteiger partial charge in [0.05, 0.1) is 26.9 Å². The molecule has 3 aliphatic rings. The molecule has 18 nitrogen and oxygen atoms in total. The zero-order valence-electron chi connectivity index (χ0n) is 23.8. The summed E-state index contributed by atoms with van der Waals surface area (Å²) in [5, 5.41) is 101. The minimum absolute atomic E-state index is 0.133. The minimum atomic E-state index is -1.92. The lowest BCUT2D eigenvalue weighted by atomic mass is 9.98. The maximum absolute atomic E-state index is 12.7. The van der Waals surface area contributed by atoms with Crippen LogP contribution in [0.1, 0.15) is 5.56 Å². The Labute approximate surface area is 255 Å². The molecule has 0 radical (unpaired) electrons. The molecule has 10 N–H and O–H groups in total. The molecule has 1 aromatic rings. The molecule has 0 spiro atoms. The molecule has 14 unspecified atom stereocenters. The number of esters is 1. The third-order valence-electron chi connectivity index (χ3n) is 7.55. The number of aliphatic hydroxyl groups excluding tert-OH is 9. The van der Waals surface area contributed by atoms with Crippen LogP contribution >= 0.6 is 0 Å². The summed E-state index contributed by atoms with van der Waals surface area (Å²) in [7, 11) is 1.34. The van der Waals surface area contributed by atoms with Crippen molar-refractivity contribution in [1.29, 1.82) is 0 Å². The van der Waals surface area contributed by atoms with E-state index in [-0.39, 0.29) is 11.5 Å². The first-order valence-electron chi connectivity index (χ1n) is 13.9. The number of hydrogen-bond acceptors (Lipinski definition) is 18. The largest absolute Gasteiger partial charge is 0.504 e. The normalized spacial score (nSPS) is 40.5. The van der Waals surface area contributed by atoms with E-state index in [0.29, 0.717) is 5.56 Å². The van der Waals surface area contributed by atoms with E-state index < -0.39 is 112 Å². The third-order valence-corrected chi connectivity index (χ3v) is 7.55. The lowest BCUT2D eigenvalue weighted by Crippen LogP contribution is -2.63. The van der Waals surface area contributed by atoms with Crippen molar-refractivity contribution in [2.45, 2.75) is 86.0 Å². The van der Waals surface area contributed by atoms with Gasteiger partial charge < -0.3 is 84.2 Å². The molecule has 14 atom stereocenters. The Morgan fingerprint density at radius 3 is 2.02 bits per heavy atom. The van der Waals surface area contributed by atoms with Crippen LogP contribution in [0.5, 0.6) is 11.5 Å². The van der Waals surface area contributed by atoms with Crippen molar-refractivity contribution >= 4 is 12.0 Å². The topological polar surface area (TPSA) is 284 Å². The second kappa shape index (κ2) is 15.4. The molecule has 0 amide bonds. The summed E-state index contributed by atoms with van der Waals surface area (Å²) in [5.41, 5.74) is 0.429. The second-order valence-electron chi connectivity index (χ2n) is 10.6. The molecule has 0 saturated carbocycles. The van der Waals surface area contributed by atoms with E-state index in [9.17, 15) is 55.9 Å². The Hall–Kier alpha value is -2.53. The van der Waals surface area contributed by atoms with E-state index in [1.165, 1.54) is 31.4 Å².